The summed E-state index contributed by atoms with van der Waals surface area (Å²) in [5.74, 6) is 0. The molecular weight excluding hydrogens is 262 g/mol. The zero-order valence-corrected chi connectivity index (χ0v) is 12.8. The van der Waals surface area contributed by atoms with E-state index in [1.165, 1.54) is 0 Å². The van der Waals surface area contributed by atoms with E-state index in [1.807, 2.05) is 27.7 Å². The van der Waals surface area contributed by atoms with Crippen molar-refractivity contribution in [1.82, 2.24) is 9.88 Å². The highest BCUT2D eigenvalue weighted by atomic mass is 32.1. The molecule has 19 heavy (non-hydrogen) atoms. The summed E-state index contributed by atoms with van der Waals surface area (Å²) >= 11 is 1.63. The molecule has 1 amide bonds. The standard InChI is InChI=1S/C13H21N3O2S/c1-5-14-11-15-9-6-7-16(8-10(9)19-11)12(17)18-13(2,3)4/h5-8H2,1-4H3,(H,14,15). The minimum absolute atomic E-state index is 0.239. The van der Waals surface area contributed by atoms with Gasteiger partial charge in [-0.3, -0.25) is 0 Å². The molecule has 0 spiro atoms. The van der Waals surface area contributed by atoms with Crippen molar-refractivity contribution < 1.29 is 9.53 Å². The first-order chi connectivity index (χ1) is 8.89. The molecule has 6 heteroatoms. The summed E-state index contributed by atoms with van der Waals surface area (Å²) in [4.78, 5) is 19.5. The van der Waals surface area contributed by atoms with E-state index in [9.17, 15) is 4.79 Å². The smallest absolute Gasteiger partial charge is 0.410 e. The number of ether oxygens (including phenoxy) is 1. The number of nitrogens with zero attached hydrogens (tertiary/aromatic N) is 2. The van der Waals surface area contributed by atoms with E-state index in [0.717, 1.165) is 28.7 Å². The van der Waals surface area contributed by atoms with Crippen molar-refractivity contribution in [2.75, 3.05) is 18.4 Å². The molecular formula is C13H21N3O2S. The fourth-order valence-electron chi connectivity index (χ4n) is 1.90. The predicted octanol–water partition coefficient (Wildman–Crippen LogP) is 2.87. The fraction of sp³-hybridized carbons (Fsp3) is 0.692. The number of fused-ring (bicyclic) bond motifs is 1. The summed E-state index contributed by atoms with van der Waals surface area (Å²) < 4.78 is 5.40. The molecule has 0 aliphatic carbocycles. The number of amides is 1. The Morgan fingerprint density at radius 1 is 1.53 bits per heavy atom. The van der Waals surface area contributed by atoms with Crippen LogP contribution in [0.4, 0.5) is 9.93 Å². The first-order valence-corrected chi connectivity index (χ1v) is 7.41. The SMILES string of the molecule is CCNc1nc2c(s1)CN(C(=O)OC(C)(C)C)CC2. The third-order valence-corrected chi connectivity index (χ3v) is 3.75. The third kappa shape index (κ3) is 3.59. The molecule has 0 saturated carbocycles. The summed E-state index contributed by atoms with van der Waals surface area (Å²) in [6.45, 7) is 9.85. The normalized spacial score (nSPS) is 15.1. The van der Waals surface area contributed by atoms with Gasteiger partial charge in [0.05, 0.1) is 12.2 Å². The van der Waals surface area contributed by atoms with Crippen LogP contribution >= 0.6 is 11.3 Å². The van der Waals surface area contributed by atoms with E-state index in [-0.39, 0.29) is 6.09 Å². The Kier molecular flexibility index (Phi) is 3.99. The lowest BCUT2D eigenvalue weighted by atomic mass is 10.2. The maximum absolute atomic E-state index is 12.0. The first-order valence-electron chi connectivity index (χ1n) is 6.59. The number of nitrogens with one attached hydrogen (secondary N) is 1. The lowest BCUT2D eigenvalue weighted by molar-refractivity contribution is 0.0226. The van der Waals surface area contributed by atoms with Gasteiger partial charge in [0.1, 0.15) is 5.60 Å². The Bertz CT molecular complexity index is 465. The molecule has 1 N–H and O–H groups in total. The average molecular weight is 283 g/mol. The van der Waals surface area contributed by atoms with E-state index in [2.05, 4.69) is 10.3 Å². The molecule has 2 heterocycles. The molecule has 0 fully saturated rings. The first kappa shape index (κ1) is 14.1. The minimum Gasteiger partial charge on any atom is -0.444 e. The Hall–Kier alpha value is -1.30. The second-order valence-corrected chi connectivity index (χ2v) is 6.65. The number of aromatic nitrogens is 1. The lowest BCUT2D eigenvalue weighted by Crippen LogP contribution is -2.39. The third-order valence-electron chi connectivity index (χ3n) is 2.71. The number of hydrogen-bond donors (Lipinski definition) is 1. The monoisotopic (exact) mass is 283 g/mol. The van der Waals surface area contributed by atoms with Gasteiger partial charge in [-0.15, -0.1) is 0 Å². The number of carbonyl (C=O) groups is 1. The van der Waals surface area contributed by atoms with Gasteiger partial charge in [-0.2, -0.15) is 0 Å². The van der Waals surface area contributed by atoms with Crippen molar-refractivity contribution >= 4 is 22.6 Å². The van der Waals surface area contributed by atoms with Crippen LogP contribution in [0.3, 0.4) is 0 Å². The van der Waals surface area contributed by atoms with Crippen molar-refractivity contribution in [3.63, 3.8) is 0 Å². The molecule has 0 unspecified atom stereocenters. The summed E-state index contributed by atoms with van der Waals surface area (Å²) in [7, 11) is 0. The van der Waals surface area contributed by atoms with E-state index >= 15 is 0 Å². The molecule has 0 atom stereocenters. The van der Waals surface area contributed by atoms with Crippen LogP contribution in [-0.2, 0) is 17.7 Å². The van der Waals surface area contributed by atoms with Crippen LogP contribution in [0.2, 0.25) is 0 Å². The van der Waals surface area contributed by atoms with Crippen molar-refractivity contribution in [3.8, 4) is 0 Å². The number of anilines is 1. The summed E-state index contributed by atoms with van der Waals surface area (Å²) in [6, 6.07) is 0. The van der Waals surface area contributed by atoms with Gasteiger partial charge in [-0.1, -0.05) is 11.3 Å². The second-order valence-electron chi connectivity index (χ2n) is 5.57. The summed E-state index contributed by atoms with van der Waals surface area (Å²) in [5.41, 5.74) is 0.667. The van der Waals surface area contributed by atoms with Crippen molar-refractivity contribution in [2.45, 2.75) is 46.3 Å². The average Bonchev–Trinajstić information content (AvgIpc) is 2.68. The second kappa shape index (κ2) is 5.36. The van der Waals surface area contributed by atoms with Crippen molar-refractivity contribution in [3.05, 3.63) is 10.6 Å². The molecule has 106 valence electrons. The van der Waals surface area contributed by atoms with Crippen LogP contribution in [0.5, 0.6) is 0 Å². The maximum atomic E-state index is 12.0. The van der Waals surface area contributed by atoms with Gasteiger partial charge in [0.25, 0.3) is 0 Å². The molecule has 1 aliphatic rings. The molecule has 5 nitrogen and oxygen atoms in total. The van der Waals surface area contributed by atoms with Crippen molar-refractivity contribution in [2.24, 2.45) is 0 Å². The molecule has 1 aromatic heterocycles. The van der Waals surface area contributed by atoms with E-state index < -0.39 is 5.60 Å². The van der Waals surface area contributed by atoms with E-state index in [1.54, 1.807) is 16.2 Å². The van der Waals surface area contributed by atoms with Gasteiger partial charge in [0.15, 0.2) is 5.13 Å². The molecule has 0 aromatic carbocycles. The highest BCUT2D eigenvalue weighted by molar-refractivity contribution is 7.15. The van der Waals surface area contributed by atoms with E-state index in [0.29, 0.717) is 13.1 Å². The van der Waals surface area contributed by atoms with Crippen LogP contribution in [0, 0.1) is 0 Å². The molecule has 2 rings (SSSR count). The number of hydrogen-bond acceptors (Lipinski definition) is 5. The summed E-state index contributed by atoms with van der Waals surface area (Å²) in [6.07, 6.45) is 0.563. The largest absolute Gasteiger partial charge is 0.444 e. The van der Waals surface area contributed by atoms with Crippen LogP contribution in [0.15, 0.2) is 0 Å². The summed E-state index contributed by atoms with van der Waals surface area (Å²) in [5, 5.41) is 4.16. The molecule has 1 aromatic rings. The molecule has 0 bridgehead atoms. The fourth-order valence-corrected chi connectivity index (χ4v) is 3.00. The van der Waals surface area contributed by atoms with Gasteiger partial charge in [-0.05, 0) is 27.7 Å². The zero-order valence-electron chi connectivity index (χ0n) is 11.9. The van der Waals surface area contributed by atoms with Crippen molar-refractivity contribution in [1.29, 1.82) is 0 Å². The topological polar surface area (TPSA) is 54.5 Å². The Balaban J connectivity index is 2.03. The highest BCUT2D eigenvalue weighted by Gasteiger charge is 2.27. The van der Waals surface area contributed by atoms with Gasteiger partial charge in [0, 0.05) is 24.4 Å². The maximum Gasteiger partial charge on any atom is 0.410 e. The number of carbonyl (C=O) groups excluding carboxylic acids is 1. The Morgan fingerprint density at radius 3 is 2.89 bits per heavy atom. The predicted molar refractivity (Wildman–Crippen MR) is 76.6 cm³/mol. The van der Waals surface area contributed by atoms with Gasteiger partial charge in [0.2, 0.25) is 0 Å². The lowest BCUT2D eigenvalue weighted by Gasteiger charge is -2.29. The Labute approximate surface area is 118 Å². The minimum atomic E-state index is -0.444. The highest BCUT2D eigenvalue weighted by Crippen LogP contribution is 2.28. The quantitative estimate of drug-likeness (QED) is 0.906. The number of rotatable bonds is 2. The Morgan fingerprint density at radius 2 is 2.26 bits per heavy atom. The van der Waals surface area contributed by atoms with Crippen LogP contribution in [0.1, 0.15) is 38.3 Å². The van der Waals surface area contributed by atoms with E-state index in [4.69, 9.17) is 4.74 Å². The van der Waals surface area contributed by atoms with Crippen LogP contribution in [0.25, 0.3) is 0 Å². The zero-order chi connectivity index (χ0) is 14.0. The molecule has 0 saturated heterocycles. The van der Waals surface area contributed by atoms with Gasteiger partial charge in [-0.25, -0.2) is 9.78 Å². The number of thiazole rings is 1. The van der Waals surface area contributed by atoms with Gasteiger partial charge >= 0.3 is 6.09 Å². The van der Waals surface area contributed by atoms with Crippen LogP contribution < -0.4 is 5.32 Å². The van der Waals surface area contributed by atoms with Crippen LogP contribution in [-0.4, -0.2) is 34.7 Å². The van der Waals surface area contributed by atoms with Gasteiger partial charge < -0.3 is 15.0 Å². The molecule has 1 aliphatic heterocycles. The molecule has 0 radical (unpaired) electrons.